The molecule has 3 saturated heterocycles. The molecule has 1 saturated carbocycles. The first-order valence-electron chi connectivity index (χ1n) is 25.8. The lowest BCUT2D eigenvalue weighted by Crippen LogP contribution is -2.58. The van der Waals surface area contributed by atoms with Gasteiger partial charge in [-0.1, -0.05) is 137 Å². The molecule has 9 rings (SSSR count). The number of amides is 4. The maximum atomic E-state index is 16.9. The number of likely N-dealkylation sites (tertiary alicyclic amines) is 1. The molecule has 4 aromatic carbocycles. The lowest BCUT2D eigenvalue weighted by molar-refractivity contribution is -0.179. The van der Waals surface area contributed by atoms with Crippen molar-refractivity contribution in [3.63, 3.8) is 0 Å². The summed E-state index contributed by atoms with van der Waals surface area (Å²) in [6.07, 6.45) is 7.90. The molecule has 72 heavy (non-hydrogen) atoms. The highest BCUT2D eigenvalue weighted by Gasteiger charge is 2.76. The van der Waals surface area contributed by atoms with Crippen LogP contribution in [0.2, 0.25) is 0 Å². The number of nitrogens with one attached hydrogen (secondary N) is 1. The number of hydrogen-bond donors (Lipinski definition) is 3. The van der Waals surface area contributed by atoms with E-state index in [2.05, 4.69) is 17.2 Å². The molecule has 3 N–H and O–H groups in total. The van der Waals surface area contributed by atoms with Gasteiger partial charge in [0.2, 0.25) is 11.8 Å². The molecule has 5 aliphatic rings. The number of esters is 2. The number of carbonyl (C=O) groups is 5. The molecule has 0 bridgehead atoms. The van der Waals surface area contributed by atoms with Crippen molar-refractivity contribution in [2.45, 2.75) is 126 Å². The minimum atomic E-state index is -2.11. The maximum Gasteiger partial charge on any atom is 0.329 e. The van der Waals surface area contributed by atoms with Crippen LogP contribution >= 0.6 is 0 Å². The number of benzene rings is 4. The van der Waals surface area contributed by atoms with Crippen molar-refractivity contribution in [2.24, 2.45) is 11.8 Å². The van der Waals surface area contributed by atoms with Crippen molar-refractivity contribution in [3.8, 4) is 17.6 Å². The highest BCUT2D eigenvalue weighted by Crippen LogP contribution is 2.67. The lowest BCUT2D eigenvalue weighted by Gasteiger charge is -2.46. The fourth-order valence-corrected chi connectivity index (χ4v) is 12.0. The predicted octanol–water partition coefficient (Wildman–Crippen LogP) is 7.86. The van der Waals surface area contributed by atoms with E-state index in [1.807, 2.05) is 71.6 Å². The monoisotopic (exact) mass is 978 g/mol. The van der Waals surface area contributed by atoms with Crippen LogP contribution < -0.4 is 15.0 Å². The number of morpholine rings is 1. The van der Waals surface area contributed by atoms with Crippen LogP contribution in [0.4, 0.5) is 10.5 Å². The number of nitrogens with zero attached hydrogens (tertiary/aromatic N) is 3. The second kappa shape index (κ2) is 21.7. The lowest BCUT2D eigenvalue weighted by atomic mass is 9.64. The normalized spacial score (nSPS) is 25.4. The molecule has 4 heterocycles. The van der Waals surface area contributed by atoms with Crippen LogP contribution in [-0.4, -0.2) is 101 Å². The van der Waals surface area contributed by atoms with Gasteiger partial charge in [-0.15, -0.1) is 0 Å². The first-order chi connectivity index (χ1) is 34.9. The molecule has 0 aromatic heterocycles. The van der Waals surface area contributed by atoms with Gasteiger partial charge in [-0.3, -0.25) is 19.3 Å². The number of fused-ring (bicyclic) bond motifs is 3. The highest BCUT2D eigenvalue weighted by molar-refractivity contribution is 6.25. The topological polar surface area (TPSA) is 175 Å². The summed E-state index contributed by atoms with van der Waals surface area (Å²) in [6, 6.07) is 25.6. The molecule has 4 aliphatic heterocycles. The average molecular weight is 979 g/mol. The summed E-state index contributed by atoms with van der Waals surface area (Å²) in [4.78, 5) is 82.4. The van der Waals surface area contributed by atoms with E-state index in [1.165, 1.54) is 7.11 Å². The molecular formula is C58H66N4O10. The number of rotatable bonds is 10. The summed E-state index contributed by atoms with van der Waals surface area (Å²) in [6.45, 7) is 3.82. The van der Waals surface area contributed by atoms with E-state index < -0.39 is 82.9 Å². The van der Waals surface area contributed by atoms with Crippen LogP contribution in [0.25, 0.3) is 0 Å². The van der Waals surface area contributed by atoms with Crippen LogP contribution in [0.3, 0.4) is 0 Å². The van der Waals surface area contributed by atoms with Gasteiger partial charge < -0.3 is 34.6 Å². The Morgan fingerprint density at radius 3 is 2.08 bits per heavy atom. The summed E-state index contributed by atoms with van der Waals surface area (Å²) < 4.78 is 18.2. The summed E-state index contributed by atoms with van der Waals surface area (Å²) in [5.74, 6) is 2.10. The van der Waals surface area contributed by atoms with E-state index >= 15 is 19.2 Å². The third kappa shape index (κ3) is 9.38. The van der Waals surface area contributed by atoms with E-state index in [-0.39, 0.29) is 24.5 Å². The van der Waals surface area contributed by atoms with E-state index in [4.69, 9.17) is 14.2 Å². The van der Waals surface area contributed by atoms with Crippen molar-refractivity contribution < 1.29 is 48.4 Å². The minimum absolute atomic E-state index is 0.112. The van der Waals surface area contributed by atoms with Crippen LogP contribution in [0.15, 0.2) is 103 Å². The summed E-state index contributed by atoms with van der Waals surface area (Å²) in [5.41, 5.74) is -0.681. The number of para-hydroxylation sites is 1. The fraction of sp³-hybridized carbons (Fsp3) is 0.466. The van der Waals surface area contributed by atoms with Crippen LogP contribution in [-0.2, 0) is 34.1 Å². The Balaban J connectivity index is 1.38. The first-order valence-corrected chi connectivity index (χ1v) is 25.8. The van der Waals surface area contributed by atoms with E-state index in [1.54, 1.807) is 55.1 Å². The third-order valence-corrected chi connectivity index (χ3v) is 15.4. The number of methoxy groups -OCH3 is 1. The quantitative estimate of drug-likeness (QED) is 0.0802. The van der Waals surface area contributed by atoms with Crippen molar-refractivity contribution in [3.05, 3.63) is 131 Å². The molecule has 0 unspecified atom stereocenters. The zero-order valence-corrected chi connectivity index (χ0v) is 41.5. The molecule has 4 aromatic rings. The molecule has 378 valence electrons. The zero-order chi connectivity index (χ0) is 50.6. The molecule has 4 amide bonds. The minimum Gasteiger partial charge on any atom is -0.491 e. The number of aliphatic hydroxyl groups is 2. The Kier molecular flexibility index (Phi) is 15.2. The molecular weight excluding hydrogens is 913 g/mol. The number of carbonyl (C=O) groups excluding carboxylic acids is 5. The van der Waals surface area contributed by atoms with Gasteiger partial charge in [0.15, 0.2) is 0 Å². The Morgan fingerprint density at radius 2 is 1.43 bits per heavy atom. The van der Waals surface area contributed by atoms with Crippen LogP contribution in [0.1, 0.15) is 130 Å². The van der Waals surface area contributed by atoms with Gasteiger partial charge in [0.1, 0.15) is 41.6 Å². The van der Waals surface area contributed by atoms with Crippen LogP contribution in [0.5, 0.6) is 5.75 Å². The summed E-state index contributed by atoms with van der Waals surface area (Å²) in [7, 11) is 1.23. The van der Waals surface area contributed by atoms with Gasteiger partial charge in [-0.2, -0.15) is 0 Å². The molecule has 7 atom stereocenters. The first kappa shape index (κ1) is 50.4. The highest BCUT2D eigenvalue weighted by atomic mass is 16.6. The van der Waals surface area contributed by atoms with E-state index in [9.17, 15) is 15.0 Å². The number of cyclic esters (lactones) is 1. The van der Waals surface area contributed by atoms with Crippen molar-refractivity contribution in [2.75, 3.05) is 38.3 Å². The molecule has 14 nitrogen and oxygen atoms in total. The zero-order valence-electron chi connectivity index (χ0n) is 41.5. The second-order valence-electron chi connectivity index (χ2n) is 20.2. The van der Waals surface area contributed by atoms with Gasteiger partial charge in [0.25, 0.3) is 0 Å². The number of hydrogen-bond acceptors (Lipinski definition) is 11. The van der Waals surface area contributed by atoms with Crippen LogP contribution in [0, 0.1) is 23.7 Å². The molecule has 4 fully saturated rings. The van der Waals surface area contributed by atoms with Gasteiger partial charge in [-0.25, -0.2) is 14.5 Å². The number of anilines is 1. The Morgan fingerprint density at radius 1 is 0.806 bits per heavy atom. The SMILES string of the molecule is COC(=O)[C@@H](NC(=O)N1C(=O)[C@@]2(c3cc(C#CC4(O)CCCCCC4)ccc31)[C@H](c1ccccc1OCCO)N1[C@H](c3ccccc3)[C@H](c3ccccc3)OC(=O)[C@H]1[C@@H]2C(=O)N1CCCCCCC1)C(C)C. The molecule has 0 radical (unpaired) electrons. The Bertz CT molecular complexity index is 2690. The van der Waals surface area contributed by atoms with Gasteiger partial charge in [-0.05, 0) is 85.4 Å². The predicted molar refractivity (Wildman–Crippen MR) is 269 cm³/mol. The summed E-state index contributed by atoms with van der Waals surface area (Å²) in [5, 5.41) is 24.8. The van der Waals surface area contributed by atoms with Gasteiger partial charge in [0.05, 0.1) is 37.4 Å². The van der Waals surface area contributed by atoms with Gasteiger partial charge >= 0.3 is 18.0 Å². The van der Waals surface area contributed by atoms with E-state index in [0.717, 1.165) is 55.4 Å². The summed E-state index contributed by atoms with van der Waals surface area (Å²) >= 11 is 0. The number of imide groups is 1. The largest absolute Gasteiger partial charge is 0.491 e. The second-order valence-corrected chi connectivity index (χ2v) is 20.2. The maximum absolute atomic E-state index is 16.9. The Labute approximate surface area is 422 Å². The van der Waals surface area contributed by atoms with Crippen molar-refractivity contribution in [1.29, 1.82) is 0 Å². The van der Waals surface area contributed by atoms with Crippen molar-refractivity contribution >= 4 is 35.5 Å². The molecule has 1 aliphatic carbocycles. The fourth-order valence-electron chi connectivity index (χ4n) is 12.0. The number of aliphatic hydroxyl groups excluding tert-OH is 1. The average Bonchev–Trinajstić information content (AvgIpc) is 3.71. The number of ether oxygens (including phenoxy) is 3. The van der Waals surface area contributed by atoms with Crippen molar-refractivity contribution in [1.82, 2.24) is 15.1 Å². The molecule has 14 heteroatoms. The smallest absolute Gasteiger partial charge is 0.329 e. The Hall–Kier alpha value is -6.53. The molecule has 1 spiro atoms. The third-order valence-electron chi connectivity index (χ3n) is 15.4. The standard InChI is InChI=1S/C58H66N4O10/c1-38(2)47(53(65)70-3)59-56(68)61-44-28-27-39(29-32-57(69)30-17-5-6-18-31-57)37-43(44)58(55(61)67)46(52(64)60-33-19-7-4-8-20-34-60)49-54(66)72-50(41-23-13-10-14-24-41)48(40-21-11-9-12-22-40)62(49)51(58)42-25-15-16-26-45(42)71-36-35-63/h9-16,21-28,37-38,46-51,63,69H,4-8,17-20,30-31,33-36H2,1-3H3,(H,59,68)/t46-,47+,48-,49-,50+,51+,58-/m1/s1. The van der Waals surface area contributed by atoms with Gasteiger partial charge in [0, 0.05) is 24.2 Å². The number of urea groups is 1. The van der Waals surface area contributed by atoms with E-state index in [0.29, 0.717) is 61.2 Å².